The van der Waals surface area contributed by atoms with Crippen LogP contribution in [0, 0.1) is 5.82 Å². The summed E-state index contributed by atoms with van der Waals surface area (Å²) < 4.78 is 15.9. The molecule has 1 fully saturated rings. The summed E-state index contributed by atoms with van der Waals surface area (Å²) in [5.41, 5.74) is 1.81. The highest BCUT2D eigenvalue weighted by Gasteiger charge is 2.19. The Bertz CT molecular complexity index is 740. The van der Waals surface area contributed by atoms with Crippen molar-refractivity contribution in [3.8, 4) is 0 Å². The topological polar surface area (TPSA) is 82.4 Å². The fraction of sp³-hybridized carbons (Fsp3) is 0.412. The Labute approximate surface area is 145 Å². The van der Waals surface area contributed by atoms with Gasteiger partial charge in [-0.1, -0.05) is 6.07 Å². The fourth-order valence-electron chi connectivity index (χ4n) is 2.87. The lowest BCUT2D eigenvalue weighted by atomic mass is 10.1. The Hall–Kier alpha value is -2.61. The average Bonchev–Trinajstić information content (AvgIpc) is 2.99. The Morgan fingerprint density at radius 3 is 2.80 bits per heavy atom. The van der Waals surface area contributed by atoms with Gasteiger partial charge in [0.15, 0.2) is 0 Å². The summed E-state index contributed by atoms with van der Waals surface area (Å²) in [7, 11) is 1.76. The van der Waals surface area contributed by atoms with Gasteiger partial charge in [-0.05, 0) is 30.5 Å². The van der Waals surface area contributed by atoms with Gasteiger partial charge in [-0.15, -0.1) is 0 Å². The van der Waals surface area contributed by atoms with Crippen molar-refractivity contribution in [3.05, 3.63) is 42.0 Å². The summed E-state index contributed by atoms with van der Waals surface area (Å²) in [6.45, 7) is 1.51. The molecule has 7 nitrogen and oxygen atoms in total. The first-order chi connectivity index (χ1) is 12.0. The van der Waals surface area contributed by atoms with Gasteiger partial charge in [-0.2, -0.15) is 5.10 Å². The molecule has 0 atom stereocenters. The number of carbonyl (C=O) groups is 1. The van der Waals surface area contributed by atoms with E-state index in [9.17, 15) is 14.3 Å². The molecule has 2 aromatic rings. The van der Waals surface area contributed by atoms with E-state index in [0.29, 0.717) is 42.9 Å². The van der Waals surface area contributed by atoms with E-state index in [0.717, 1.165) is 0 Å². The smallest absolute Gasteiger partial charge is 0.319 e. The first-order valence-corrected chi connectivity index (χ1v) is 8.26. The SMILES string of the molecule is Cn1cc(NC(=O)NCc2ccc(N3CCC(O)CC3)c(F)c2)cn1. The maximum Gasteiger partial charge on any atom is 0.319 e. The van der Waals surface area contributed by atoms with E-state index >= 15 is 0 Å². The number of urea groups is 1. The predicted octanol–water partition coefficient (Wildman–Crippen LogP) is 1.84. The molecule has 0 unspecified atom stereocenters. The molecule has 1 aliphatic rings. The summed E-state index contributed by atoms with van der Waals surface area (Å²) in [5, 5.41) is 18.9. The number of nitrogens with zero attached hydrogens (tertiary/aromatic N) is 3. The van der Waals surface area contributed by atoms with Gasteiger partial charge in [-0.25, -0.2) is 9.18 Å². The predicted molar refractivity (Wildman–Crippen MR) is 92.9 cm³/mol. The summed E-state index contributed by atoms with van der Waals surface area (Å²) in [4.78, 5) is 13.8. The molecule has 25 heavy (non-hydrogen) atoms. The normalized spacial score (nSPS) is 15.2. The van der Waals surface area contributed by atoms with Crippen LogP contribution in [0.2, 0.25) is 0 Å². The number of aliphatic hydroxyl groups excluding tert-OH is 1. The molecule has 0 spiro atoms. The van der Waals surface area contributed by atoms with Crippen molar-refractivity contribution in [1.82, 2.24) is 15.1 Å². The number of rotatable bonds is 4. The maximum atomic E-state index is 14.4. The molecule has 2 heterocycles. The molecule has 0 saturated carbocycles. The van der Waals surface area contributed by atoms with Crippen molar-refractivity contribution in [3.63, 3.8) is 0 Å². The van der Waals surface area contributed by atoms with Crippen LogP contribution in [0.15, 0.2) is 30.6 Å². The summed E-state index contributed by atoms with van der Waals surface area (Å²) in [6.07, 6.45) is 4.24. The van der Waals surface area contributed by atoms with Crippen LogP contribution in [0.25, 0.3) is 0 Å². The molecule has 1 aromatic carbocycles. The van der Waals surface area contributed by atoms with E-state index in [4.69, 9.17) is 0 Å². The number of aromatic nitrogens is 2. The molecule has 1 aliphatic heterocycles. The fourth-order valence-corrected chi connectivity index (χ4v) is 2.87. The minimum Gasteiger partial charge on any atom is -0.393 e. The zero-order valence-corrected chi connectivity index (χ0v) is 14.1. The standard InChI is InChI=1S/C17H22FN5O2/c1-22-11-13(10-20-22)21-17(25)19-9-12-2-3-16(15(18)8-12)23-6-4-14(24)5-7-23/h2-3,8,10-11,14,24H,4-7,9H2,1H3,(H2,19,21,25). The van der Waals surface area contributed by atoms with Gasteiger partial charge in [0.05, 0.1) is 23.7 Å². The lowest BCUT2D eigenvalue weighted by Crippen LogP contribution is -2.36. The summed E-state index contributed by atoms with van der Waals surface area (Å²) in [5.74, 6) is -0.316. The monoisotopic (exact) mass is 347 g/mol. The molecule has 0 aliphatic carbocycles. The van der Waals surface area contributed by atoms with E-state index in [1.54, 1.807) is 36.3 Å². The number of anilines is 2. The molecule has 2 amide bonds. The first-order valence-electron chi connectivity index (χ1n) is 8.26. The molecule has 1 aromatic heterocycles. The van der Waals surface area contributed by atoms with Gasteiger partial charge in [0.1, 0.15) is 5.82 Å². The van der Waals surface area contributed by atoms with E-state index < -0.39 is 0 Å². The second kappa shape index (κ2) is 7.52. The number of piperidine rings is 1. The van der Waals surface area contributed by atoms with Gasteiger partial charge >= 0.3 is 6.03 Å². The second-order valence-electron chi connectivity index (χ2n) is 6.21. The minimum absolute atomic E-state index is 0.224. The Balaban J connectivity index is 1.54. The van der Waals surface area contributed by atoms with Gasteiger partial charge in [0.25, 0.3) is 0 Å². The number of amides is 2. The van der Waals surface area contributed by atoms with Crippen LogP contribution in [0.5, 0.6) is 0 Å². The van der Waals surface area contributed by atoms with E-state index in [2.05, 4.69) is 15.7 Å². The molecular weight excluding hydrogens is 325 g/mol. The van der Waals surface area contributed by atoms with Crippen molar-refractivity contribution >= 4 is 17.4 Å². The van der Waals surface area contributed by atoms with Crippen molar-refractivity contribution in [2.45, 2.75) is 25.5 Å². The molecular formula is C17H22FN5O2. The average molecular weight is 347 g/mol. The van der Waals surface area contributed by atoms with Crippen molar-refractivity contribution < 1.29 is 14.3 Å². The number of halogens is 1. The quantitative estimate of drug-likeness (QED) is 0.788. The lowest BCUT2D eigenvalue weighted by molar-refractivity contribution is 0.145. The number of aryl methyl sites for hydroxylation is 1. The van der Waals surface area contributed by atoms with Crippen molar-refractivity contribution in [2.75, 3.05) is 23.3 Å². The number of aliphatic hydroxyl groups is 1. The molecule has 3 rings (SSSR count). The number of carbonyl (C=O) groups excluding carboxylic acids is 1. The van der Waals surface area contributed by atoms with E-state index in [1.807, 2.05) is 4.90 Å². The number of hydrogen-bond donors (Lipinski definition) is 3. The maximum absolute atomic E-state index is 14.4. The molecule has 134 valence electrons. The highest BCUT2D eigenvalue weighted by atomic mass is 19.1. The van der Waals surface area contributed by atoms with Crippen LogP contribution in [0.4, 0.5) is 20.6 Å². The highest BCUT2D eigenvalue weighted by Crippen LogP contribution is 2.24. The molecule has 0 bridgehead atoms. The third-order valence-corrected chi connectivity index (χ3v) is 4.23. The van der Waals surface area contributed by atoms with Gasteiger partial charge in [0, 0.05) is 32.9 Å². The van der Waals surface area contributed by atoms with E-state index in [1.165, 1.54) is 6.07 Å². The first kappa shape index (κ1) is 17.2. The van der Waals surface area contributed by atoms with Crippen molar-refractivity contribution in [2.24, 2.45) is 7.05 Å². The molecule has 8 heteroatoms. The third-order valence-electron chi connectivity index (χ3n) is 4.23. The van der Waals surface area contributed by atoms with Gasteiger partial charge in [0.2, 0.25) is 0 Å². The zero-order chi connectivity index (χ0) is 17.8. The van der Waals surface area contributed by atoms with Crippen LogP contribution in [-0.4, -0.2) is 40.1 Å². The Kier molecular flexibility index (Phi) is 5.18. The summed E-state index contributed by atoms with van der Waals surface area (Å²) in [6, 6.07) is 4.59. The second-order valence-corrected chi connectivity index (χ2v) is 6.21. The van der Waals surface area contributed by atoms with Crippen LogP contribution in [0.1, 0.15) is 18.4 Å². The molecule has 3 N–H and O–H groups in total. The van der Waals surface area contributed by atoms with Crippen LogP contribution >= 0.6 is 0 Å². The van der Waals surface area contributed by atoms with Crippen molar-refractivity contribution in [1.29, 1.82) is 0 Å². The third kappa shape index (κ3) is 4.48. The number of benzene rings is 1. The minimum atomic E-state index is -0.373. The number of nitrogens with one attached hydrogen (secondary N) is 2. The van der Waals surface area contributed by atoms with Crippen LogP contribution in [0.3, 0.4) is 0 Å². The van der Waals surface area contributed by atoms with Crippen LogP contribution < -0.4 is 15.5 Å². The Morgan fingerprint density at radius 2 is 2.16 bits per heavy atom. The molecule has 1 saturated heterocycles. The van der Waals surface area contributed by atoms with Gasteiger partial charge in [-0.3, -0.25) is 4.68 Å². The highest BCUT2D eigenvalue weighted by molar-refractivity contribution is 5.88. The Morgan fingerprint density at radius 1 is 1.40 bits per heavy atom. The van der Waals surface area contributed by atoms with Crippen LogP contribution in [-0.2, 0) is 13.6 Å². The lowest BCUT2D eigenvalue weighted by Gasteiger charge is -2.31. The largest absolute Gasteiger partial charge is 0.393 e. The zero-order valence-electron chi connectivity index (χ0n) is 14.1. The molecule has 0 radical (unpaired) electrons. The van der Waals surface area contributed by atoms with E-state index in [-0.39, 0.29) is 24.5 Å². The number of hydrogen-bond acceptors (Lipinski definition) is 4. The summed E-state index contributed by atoms with van der Waals surface area (Å²) >= 11 is 0. The van der Waals surface area contributed by atoms with Gasteiger partial charge < -0.3 is 20.6 Å².